The van der Waals surface area contributed by atoms with E-state index in [1.807, 2.05) is 17.8 Å². The number of hydrogen-bond acceptors (Lipinski definition) is 5. The van der Waals surface area contributed by atoms with Crippen LogP contribution in [0.2, 0.25) is 0 Å². The number of rotatable bonds is 5. The molecule has 1 saturated heterocycles. The van der Waals surface area contributed by atoms with Crippen molar-refractivity contribution in [3.05, 3.63) is 18.2 Å². The molecule has 0 saturated carbocycles. The molecule has 1 aromatic rings. The van der Waals surface area contributed by atoms with Gasteiger partial charge in [-0.15, -0.1) is 0 Å². The van der Waals surface area contributed by atoms with Gasteiger partial charge in [-0.1, -0.05) is 0 Å². The van der Waals surface area contributed by atoms with Gasteiger partial charge >= 0.3 is 0 Å². The first-order chi connectivity index (χ1) is 9.46. The molecule has 1 atom stereocenters. The number of sulfone groups is 1. The highest BCUT2D eigenvalue weighted by Gasteiger charge is 2.25. The second-order valence-corrected chi connectivity index (χ2v) is 7.25. The summed E-state index contributed by atoms with van der Waals surface area (Å²) in [7, 11) is -1.09. The smallest absolute Gasteiger partial charge is 0.221 e. The molecule has 0 aliphatic carbocycles. The maximum absolute atomic E-state index is 11.8. The largest absolute Gasteiger partial charge is 0.356 e. The highest BCUT2D eigenvalue weighted by molar-refractivity contribution is 7.91. The van der Waals surface area contributed by atoms with Gasteiger partial charge in [0.05, 0.1) is 11.5 Å². The van der Waals surface area contributed by atoms with Gasteiger partial charge in [0.15, 0.2) is 9.84 Å². The summed E-state index contributed by atoms with van der Waals surface area (Å²) in [4.78, 5) is 15.9. The Hall–Kier alpha value is -1.41. The van der Waals surface area contributed by atoms with Crippen LogP contribution in [0.5, 0.6) is 0 Å². The zero-order valence-electron chi connectivity index (χ0n) is 11.5. The van der Waals surface area contributed by atoms with Crippen LogP contribution in [0.15, 0.2) is 12.4 Å². The number of nitrogens with one attached hydrogen (secondary N) is 2. The topological polar surface area (TPSA) is 93.1 Å². The van der Waals surface area contributed by atoms with Gasteiger partial charge in [0.1, 0.15) is 5.82 Å². The molecule has 20 heavy (non-hydrogen) atoms. The van der Waals surface area contributed by atoms with Gasteiger partial charge < -0.3 is 15.2 Å². The quantitative estimate of drug-likeness (QED) is 0.717. The second kappa shape index (κ2) is 6.36. The van der Waals surface area contributed by atoms with Crippen LogP contribution in [0.1, 0.15) is 12.2 Å². The molecule has 0 bridgehead atoms. The third-order valence-corrected chi connectivity index (χ3v) is 5.06. The van der Waals surface area contributed by atoms with E-state index in [0.29, 0.717) is 19.5 Å². The maximum Gasteiger partial charge on any atom is 0.221 e. The summed E-state index contributed by atoms with van der Waals surface area (Å²) < 4.78 is 24.8. The molecule has 2 heterocycles. The van der Waals surface area contributed by atoms with Crippen LogP contribution in [0, 0.1) is 0 Å². The summed E-state index contributed by atoms with van der Waals surface area (Å²) in [5.74, 6) is 0.974. The minimum atomic E-state index is -2.99. The molecular formula is C12H20N4O3S. The summed E-state index contributed by atoms with van der Waals surface area (Å²) in [5, 5.41) is 5.86. The van der Waals surface area contributed by atoms with Crippen molar-refractivity contribution in [3.8, 4) is 0 Å². The zero-order valence-corrected chi connectivity index (χ0v) is 12.3. The first-order valence-electron chi connectivity index (χ1n) is 6.63. The third kappa shape index (κ3) is 4.31. The predicted molar refractivity (Wildman–Crippen MR) is 75.0 cm³/mol. The monoisotopic (exact) mass is 300 g/mol. The van der Waals surface area contributed by atoms with Gasteiger partial charge in [-0.05, 0) is 0 Å². The molecular weight excluding hydrogens is 280 g/mol. The van der Waals surface area contributed by atoms with E-state index in [2.05, 4.69) is 15.6 Å². The van der Waals surface area contributed by atoms with Crippen molar-refractivity contribution in [2.75, 3.05) is 24.6 Å². The average molecular weight is 300 g/mol. The molecule has 0 radical (unpaired) electrons. The highest BCUT2D eigenvalue weighted by Crippen LogP contribution is 2.04. The fourth-order valence-electron chi connectivity index (χ4n) is 2.25. The molecule has 1 aliphatic heterocycles. The standard InChI is InChI=1S/C12H20N4O3S/c1-16-6-4-14-11(16)2-3-15-12(17)8-10-9-20(18,19)7-5-13-10/h4,6,10,13H,2-3,5,7-9H2,1H3,(H,15,17). The Bertz CT molecular complexity index is 567. The predicted octanol–water partition coefficient (Wildman–Crippen LogP) is -1.14. The number of carbonyl (C=O) groups is 1. The van der Waals surface area contributed by atoms with Crippen molar-refractivity contribution < 1.29 is 13.2 Å². The molecule has 7 nitrogen and oxygen atoms in total. The Balaban J connectivity index is 1.72. The molecule has 2 N–H and O–H groups in total. The van der Waals surface area contributed by atoms with Crippen LogP contribution in [-0.4, -0.2) is 54.5 Å². The summed E-state index contributed by atoms with van der Waals surface area (Å²) in [6.07, 6.45) is 4.42. The third-order valence-electron chi connectivity index (χ3n) is 3.32. The Morgan fingerprint density at radius 1 is 1.60 bits per heavy atom. The number of aryl methyl sites for hydroxylation is 1. The minimum absolute atomic E-state index is 0.0415. The van der Waals surface area contributed by atoms with E-state index in [0.717, 1.165) is 5.82 Å². The molecule has 1 amide bonds. The Kier molecular flexibility index (Phi) is 4.77. The van der Waals surface area contributed by atoms with Crippen LogP contribution in [-0.2, 0) is 28.1 Å². The Labute approximate surface area is 118 Å². The highest BCUT2D eigenvalue weighted by atomic mass is 32.2. The van der Waals surface area contributed by atoms with Crippen molar-refractivity contribution >= 4 is 15.7 Å². The molecule has 0 spiro atoms. The second-order valence-electron chi connectivity index (χ2n) is 5.02. The van der Waals surface area contributed by atoms with E-state index in [-0.39, 0.29) is 29.9 Å². The van der Waals surface area contributed by atoms with Crippen molar-refractivity contribution in [3.63, 3.8) is 0 Å². The number of carbonyl (C=O) groups excluding carboxylic acids is 1. The lowest BCUT2D eigenvalue weighted by molar-refractivity contribution is -0.121. The summed E-state index contributed by atoms with van der Waals surface area (Å²) in [5.41, 5.74) is 0. The number of hydrogen-bond donors (Lipinski definition) is 2. The van der Waals surface area contributed by atoms with E-state index in [9.17, 15) is 13.2 Å². The van der Waals surface area contributed by atoms with Crippen molar-refractivity contribution in [2.45, 2.75) is 18.9 Å². The van der Waals surface area contributed by atoms with Gasteiger partial charge in [-0.2, -0.15) is 0 Å². The van der Waals surface area contributed by atoms with Crippen LogP contribution >= 0.6 is 0 Å². The van der Waals surface area contributed by atoms with Crippen molar-refractivity contribution in [1.82, 2.24) is 20.2 Å². The lowest BCUT2D eigenvalue weighted by Crippen LogP contribution is -2.47. The van der Waals surface area contributed by atoms with E-state index in [4.69, 9.17) is 0 Å². The van der Waals surface area contributed by atoms with E-state index in [1.165, 1.54) is 0 Å². The van der Waals surface area contributed by atoms with Gasteiger partial charge in [0, 0.05) is 51.4 Å². The average Bonchev–Trinajstić information content (AvgIpc) is 2.74. The lowest BCUT2D eigenvalue weighted by Gasteiger charge is -2.23. The van der Waals surface area contributed by atoms with Crippen LogP contribution in [0.3, 0.4) is 0 Å². The van der Waals surface area contributed by atoms with Crippen LogP contribution < -0.4 is 10.6 Å². The van der Waals surface area contributed by atoms with Gasteiger partial charge in [0.2, 0.25) is 5.91 Å². The van der Waals surface area contributed by atoms with E-state index >= 15 is 0 Å². The molecule has 1 aliphatic rings. The van der Waals surface area contributed by atoms with E-state index in [1.54, 1.807) is 6.20 Å². The molecule has 8 heteroatoms. The lowest BCUT2D eigenvalue weighted by atomic mass is 10.2. The molecule has 1 fully saturated rings. The first kappa shape index (κ1) is 15.0. The maximum atomic E-state index is 11.8. The van der Waals surface area contributed by atoms with Crippen LogP contribution in [0.25, 0.3) is 0 Å². The first-order valence-corrected chi connectivity index (χ1v) is 8.45. The van der Waals surface area contributed by atoms with E-state index < -0.39 is 9.84 Å². The number of aromatic nitrogens is 2. The summed E-state index contributed by atoms with van der Waals surface area (Å²) in [6.45, 7) is 0.927. The number of nitrogens with zero attached hydrogens (tertiary/aromatic N) is 2. The van der Waals surface area contributed by atoms with Gasteiger partial charge in [-0.3, -0.25) is 4.79 Å². The Morgan fingerprint density at radius 3 is 3.05 bits per heavy atom. The van der Waals surface area contributed by atoms with Crippen molar-refractivity contribution in [1.29, 1.82) is 0 Å². The Morgan fingerprint density at radius 2 is 2.40 bits per heavy atom. The number of amides is 1. The van der Waals surface area contributed by atoms with Gasteiger partial charge in [-0.25, -0.2) is 13.4 Å². The zero-order chi connectivity index (χ0) is 14.6. The summed E-state index contributed by atoms with van der Waals surface area (Å²) >= 11 is 0. The SMILES string of the molecule is Cn1ccnc1CCNC(=O)CC1CS(=O)(=O)CCN1. The molecule has 1 aromatic heterocycles. The number of imidazole rings is 1. The molecule has 1 unspecified atom stereocenters. The minimum Gasteiger partial charge on any atom is -0.356 e. The summed E-state index contributed by atoms with van der Waals surface area (Å²) in [6, 6.07) is -0.276. The fraction of sp³-hybridized carbons (Fsp3) is 0.667. The molecule has 112 valence electrons. The molecule has 2 rings (SSSR count). The van der Waals surface area contributed by atoms with Gasteiger partial charge in [0.25, 0.3) is 0 Å². The van der Waals surface area contributed by atoms with Crippen molar-refractivity contribution in [2.24, 2.45) is 7.05 Å². The fourth-order valence-corrected chi connectivity index (χ4v) is 3.69. The normalized spacial score (nSPS) is 21.6. The van der Waals surface area contributed by atoms with Crippen LogP contribution in [0.4, 0.5) is 0 Å². The molecule has 0 aromatic carbocycles.